The van der Waals surface area contributed by atoms with E-state index < -0.39 is 0 Å². The average Bonchev–Trinajstić information content (AvgIpc) is 3.53. The number of nitrogens with zero attached hydrogens (tertiary/aromatic N) is 7. The average molecular weight is 551 g/mol. The molecular weight excluding hydrogens is 508 g/mol. The monoisotopic (exact) mass is 550 g/mol. The number of aryl methyl sites for hydroxylation is 1. The summed E-state index contributed by atoms with van der Waals surface area (Å²) in [5, 5.41) is 24.8. The van der Waals surface area contributed by atoms with Crippen molar-refractivity contribution < 1.29 is 0 Å². The van der Waals surface area contributed by atoms with Crippen LogP contribution >= 0.6 is 11.3 Å². The maximum atomic E-state index is 9.16. The van der Waals surface area contributed by atoms with Gasteiger partial charge < -0.3 is 15.5 Å². The first kappa shape index (κ1) is 27.8. The lowest BCUT2D eigenvalue weighted by Crippen LogP contribution is -2.52. The van der Waals surface area contributed by atoms with E-state index in [0.717, 1.165) is 92.5 Å². The fourth-order valence-corrected chi connectivity index (χ4v) is 7.08. The molecule has 10 nitrogen and oxygen atoms in total. The fraction of sp³-hybridized carbons (Fsp3) is 0.643. The van der Waals surface area contributed by atoms with Crippen LogP contribution in [0.4, 0.5) is 17.6 Å². The number of fused-ring (bicyclic) bond motifs is 1. The first-order chi connectivity index (χ1) is 18.9. The Bertz CT molecular complexity index is 1260. The third-order valence-corrected chi connectivity index (χ3v) is 9.19. The molecule has 2 fully saturated rings. The van der Waals surface area contributed by atoms with Crippen LogP contribution in [0.3, 0.4) is 0 Å². The van der Waals surface area contributed by atoms with Crippen molar-refractivity contribution in [2.45, 2.75) is 77.5 Å². The molecule has 0 spiro atoms. The van der Waals surface area contributed by atoms with Crippen molar-refractivity contribution in [3.05, 3.63) is 22.7 Å². The van der Waals surface area contributed by atoms with Crippen molar-refractivity contribution in [2.24, 2.45) is 0 Å². The Hall–Kier alpha value is -2.78. The number of hydrogen-bond acceptors (Lipinski definition) is 10. The van der Waals surface area contributed by atoms with Crippen LogP contribution < -0.4 is 10.6 Å². The summed E-state index contributed by atoms with van der Waals surface area (Å²) < 4.78 is 0. The molecule has 2 aliphatic rings. The van der Waals surface area contributed by atoms with Gasteiger partial charge in [-0.05, 0) is 45.7 Å². The van der Waals surface area contributed by atoms with Crippen LogP contribution in [0.5, 0.6) is 0 Å². The molecule has 210 valence electrons. The number of piperazine rings is 1. The van der Waals surface area contributed by atoms with E-state index in [1.165, 1.54) is 4.88 Å². The van der Waals surface area contributed by atoms with E-state index in [2.05, 4.69) is 68.6 Å². The topological polar surface area (TPSA) is 112 Å². The molecule has 0 aliphatic carbocycles. The van der Waals surface area contributed by atoms with E-state index in [9.17, 15) is 0 Å². The number of aromatic amines is 1. The number of nitriles is 1. The van der Waals surface area contributed by atoms with Gasteiger partial charge in [0.1, 0.15) is 10.6 Å². The molecule has 0 amide bonds. The molecule has 2 aliphatic heterocycles. The summed E-state index contributed by atoms with van der Waals surface area (Å²) in [6, 6.07) is 7.78. The second-order valence-electron chi connectivity index (χ2n) is 11.1. The van der Waals surface area contributed by atoms with Crippen molar-refractivity contribution >= 4 is 39.1 Å². The molecule has 2 atom stereocenters. The summed E-state index contributed by atoms with van der Waals surface area (Å²) >= 11 is 1.76. The molecule has 39 heavy (non-hydrogen) atoms. The van der Waals surface area contributed by atoms with Crippen LogP contribution in [-0.4, -0.2) is 92.8 Å². The van der Waals surface area contributed by atoms with Gasteiger partial charge in [-0.15, -0.1) is 11.3 Å². The zero-order valence-corrected chi connectivity index (χ0v) is 24.5. The van der Waals surface area contributed by atoms with Crippen molar-refractivity contribution in [3.8, 4) is 6.07 Å². The molecule has 3 aromatic heterocycles. The van der Waals surface area contributed by atoms with E-state index in [0.29, 0.717) is 30.5 Å². The van der Waals surface area contributed by atoms with Gasteiger partial charge in [-0.25, -0.2) is 4.98 Å². The normalized spacial score (nSPS) is 23.2. The predicted molar refractivity (Wildman–Crippen MR) is 159 cm³/mol. The molecule has 3 N–H and O–H groups in total. The molecular formula is C28H42N10S. The molecule has 0 aromatic carbocycles. The number of nitrogens with one attached hydrogen (secondary N) is 3. The van der Waals surface area contributed by atoms with E-state index >= 15 is 0 Å². The lowest BCUT2D eigenvalue weighted by Gasteiger charge is -2.45. The van der Waals surface area contributed by atoms with Crippen molar-refractivity contribution in [3.63, 3.8) is 0 Å². The Morgan fingerprint density at radius 1 is 1.10 bits per heavy atom. The summed E-state index contributed by atoms with van der Waals surface area (Å²) in [7, 11) is 2.19. The van der Waals surface area contributed by atoms with Gasteiger partial charge in [-0.2, -0.15) is 15.3 Å². The van der Waals surface area contributed by atoms with Crippen LogP contribution in [0, 0.1) is 18.3 Å². The van der Waals surface area contributed by atoms with E-state index in [-0.39, 0.29) is 0 Å². The van der Waals surface area contributed by atoms with Crippen molar-refractivity contribution in [1.29, 1.82) is 5.26 Å². The van der Waals surface area contributed by atoms with E-state index in [1.807, 2.05) is 13.0 Å². The second kappa shape index (κ2) is 12.6. The van der Waals surface area contributed by atoms with Crippen molar-refractivity contribution in [1.82, 2.24) is 34.9 Å². The number of H-pyrrole nitrogens is 1. The molecule has 0 radical (unpaired) electrons. The lowest BCUT2D eigenvalue weighted by atomic mass is 9.88. The van der Waals surface area contributed by atoms with Crippen LogP contribution in [0.25, 0.3) is 10.2 Å². The number of likely N-dealkylation sites (N-methyl/N-ethyl adjacent to an activating group) is 1. The van der Waals surface area contributed by atoms with Crippen LogP contribution in [0.2, 0.25) is 0 Å². The summed E-state index contributed by atoms with van der Waals surface area (Å²) in [6.45, 7) is 12.7. The number of rotatable bonds is 10. The largest absolute Gasteiger partial charge is 0.351 e. The number of aromatic nitrogens is 4. The van der Waals surface area contributed by atoms with Crippen molar-refractivity contribution in [2.75, 3.05) is 50.4 Å². The summed E-state index contributed by atoms with van der Waals surface area (Å²) in [5.41, 5.74) is 1.00. The Morgan fingerprint density at radius 2 is 1.85 bits per heavy atom. The first-order valence-corrected chi connectivity index (χ1v) is 15.2. The molecule has 11 heteroatoms. The van der Waals surface area contributed by atoms with E-state index in [4.69, 9.17) is 15.2 Å². The second-order valence-corrected chi connectivity index (χ2v) is 12.2. The molecule has 5 rings (SSSR count). The Labute approximate surface area is 235 Å². The third kappa shape index (κ3) is 6.69. The molecule has 2 saturated heterocycles. The number of hydrogen-bond donors (Lipinski definition) is 3. The Morgan fingerprint density at radius 3 is 2.49 bits per heavy atom. The number of anilines is 3. The maximum absolute atomic E-state index is 9.16. The molecule has 2 unspecified atom stereocenters. The summed E-state index contributed by atoms with van der Waals surface area (Å²) in [6.07, 6.45) is 4.79. The fourth-order valence-electron chi connectivity index (χ4n) is 6.01. The minimum absolute atomic E-state index is 0.293. The number of thiophene rings is 1. The zero-order chi connectivity index (χ0) is 27.4. The first-order valence-electron chi connectivity index (χ1n) is 14.3. The van der Waals surface area contributed by atoms with Gasteiger partial charge >= 0.3 is 0 Å². The summed E-state index contributed by atoms with van der Waals surface area (Å²) in [4.78, 5) is 19.8. The SMILES string of the molecule is CCC1CC(Nc2nc(Nc3cc(C)[nH]n3)c3cc(CN4CCN(C)CC4)sc3n2)CC(CC)N1CCC#N. The zero-order valence-electron chi connectivity index (χ0n) is 23.7. The van der Waals surface area contributed by atoms with Gasteiger partial charge in [0, 0.05) is 80.5 Å². The number of piperidine rings is 1. The smallest absolute Gasteiger partial charge is 0.226 e. The minimum Gasteiger partial charge on any atom is -0.351 e. The lowest BCUT2D eigenvalue weighted by molar-refractivity contribution is 0.0734. The maximum Gasteiger partial charge on any atom is 0.226 e. The summed E-state index contributed by atoms with van der Waals surface area (Å²) in [5.74, 6) is 2.22. The van der Waals surface area contributed by atoms with Gasteiger partial charge in [0.25, 0.3) is 0 Å². The van der Waals surface area contributed by atoms with E-state index in [1.54, 1.807) is 11.3 Å². The minimum atomic E-state index is 0.293. The molecule has 0 bridgehead atoms. The standard InChI is InChI=1S/C28H42N10S/c1-5-21-15-20(16-22(6-2)38(21)9-7-8-29)30-28-32-26(31-25-14-19(3)34-35-25)24-17-23(39-27(24)33-28)18-37-12-10-36(4)11-13-37/h14,17,20-22H,5-7,9-13,15-16,18H2,1-4H3,(H3,30,31,32,33,34,35). The Kier molecular flexibility index (Phi) is 8.97. The van der Waals surface area contributed by atoms with Crippen LogP contribution in [0.1, 0.15) is 56.5 Å². The number of likely N-dealkylation sites (tertiary alicyclic amines) is 1. The van der Waals surface area contributed by atoms with Gasteiger partial charge in [0.15, 0.2) is 5.82 Å². The van der Waals surface area contributed by atoms with Gasteiger partial charge in [0.05, 0.1) is 11.5 Å². The predicted octanol–water partition coefficient (Wildman–Crippen LogP) is 4.56. The quantitative estimate of drug-likeness (QED) is 0.334. The highest BCUT2D eigenvalue weighted by Gasteiger charge is 2.34. The van der Waals surface area contributed by atoms with Gasteiger partial charge in [-0.1, -0.05) is 13.8 Å². The molecule has 3 aromatic rings. The third-order valence-electron chi connectivity index (χ3n) is 8.18. The molecule has 0 saturated carbocycles. The van der Waals surface area contributed by atoms with Gasteiger partial charge in [0.2, 0.25) is 5.95 Å². The highest BCUT2D eigenvalue weighted by atomic mass is 32.1. The highest BCUT2D eigenvalue weighted by Crippen LogP contribution is 2.34. The van der Waals surface area contributed by atoms with Gasteiger partial charge in [-0.3, -0.25) is 14.9 Å². The molecule has 5 heterocycles. The highest BCUT2D eigenvalue weighted by molar-refractivity contribution is 7.18. The van der Waals surface area contributed by atoms with Crippen LogP contribution in [-0.2, 0) is 6.54 Å². The van der Waals surface area contributed by atoms with Crippen LogP contribution in [0.15, 0.2) is 12.1 Å². The Balaban J connectivity index is 1.39.